The van der Waals surface area contributed by atoms with E-state index in [0.717, 1.165) is 51.4 Å². The van der Waals surface area contributed by atoms with Crippen LogP contribution < -0.4 is 10.6 Å². The van der Waals surface area contributed by atoms with E-state index in [-0.39, 0.29) is 37.0 Å². The molecule has 2 rings (SSSR count). The Kier molecular flexibility index (Phi) is 14.9. The second kappa shape index (κ2) is 13.1. The number of hydrogen-bond acceptors (Lipinski definition) is 4. The molecule has 0 bridgehead atoms. The van der Waals surface area contributed by atoms with E-state index in [0.29, 0.717) is 12.1 Å². The van der Waals surface area contributed by atoms with Crippen molar-refractivity contribution in [1.82, 2.24) is 10.6 Å². The first kappa shape index (κ1) is 22.7. The minimum atomic E-state index is -0.0189. The Labute approximate surface area is 135 Å². The van der Waals surface area contributed by atoms with Gasteiger partial charge in [-0.2, -0.15) is 0 Å². The maximum absolute atomic E-state index is 9.09. The van der Waals surface area contributed by atoms with Gasteiger partial charge < -0.3 is 20.8 Å². The summed E-state index contributed by atoms with van der Waals surface area (Å²) in [5.74, 6) is 0. The van der Waals surface area contributed by atoms with Gasteiger partial charge in [-0.15, -0.1) is 24.8 Å². The van der Waals surface area contributed by atoms with Crippen LogP contribution in [0.5, 0.6) is 0 Å². The second-order valence-electron chi connectivity index (χ2n) is 5.59. The molecule has 0 spiro atoms. The van der Waals surface area contributed by atoms with E-state index in [2.05, 4.69) is 10.6 Å². The van der Waals surface area contributed by atoms with E-state index >= 15 is 0 Å². The zero-order valence-corrected chi connectivity index (χ0v) is 14.3. The smallest absolute Gasteiger partial charge is 0.0541 e. The first-order valence-corrected chi connectivity index (χ1v) is 7.36. The van der Waals surface area contributed by atoms with E-state index < -0.39 is 0 Å². The van der Waals surface area contributed by atoms with Crippen LogP contribution in [0.4, 0.5) is 0 Å². The minimum absolute atomic E-state index is 0. The molecule has 0 radical (unpaired) electrons. The van der Waals surface area contributed by atoms with Crippen LogP contribution in [0.2, 0.25) is 0 Å². The van der Waals surface area contributed by atoms with E-state index in [1.807, 2.05) is 14.1 Å². The molecule has 0 saturated heterocycles. The molecule has 2 aliphatic carbocycles. The summed E-state index contributed by atoms with van der Waals surface area (Å²) >= 11 is 0. The standard InChI is InChI=1S/2C7H15NO.2ClH/c2*1-8-6-2-4-7(9)5-3-6;;/h2*6-9H,2-5H2,1H3;2*1H. The van der Waals surface area contributed by atoms with Crippen LogP contribution in [0.25, 0.3) is 0 Å². The molecule has 0 aromatic carbocycles. The van der Waals surface area contributed by atoms with Crippen molar-refractivity contribution in [2.45, 2.75) is 75.7 Å². The van der Waals surface area contributed by atoms with E-state index in [9.17, 15) is 0 Å². The third kappa shape index (κ3) is 9.37. The zero-order chi connectivity index (χ0) is 13.4. The van der Waals surface area contributed by atoms with Crippen LogP contribution in [0, 0.1) is 0 Å². The van der Waals surface area contributed by atoms with Gasteiger partial charge in [0.05, 0.1) is 12.2 Å². The topological polar surface area (TPSA) is 64.5 Å². The largest absolute Gasteiger partial charge is 0.393 e. The van der Waals surface area contributed by atoms with Crippen LogP contribution in [-0.2, 0) is 0 Å². The molecule has 0 atom stereocenters. The lowest BCUT2D eigenvalue weighted by Crippen LogP contribution is -2.31. The normalized spacial score (nSPS) is 33.0. The predicted molar refractivity (Wildman–Crippen MR) is 89.1 cm³/mol. The number of aliphatic hydroxyl groups is 2. The number of aliphatic hydroxyl groups excluding tert-OH is 2. The van der Waals surface area contributed by atoms with E-state index in [1.165, 1.54) is 0 Å². The fourth-order valence-electron chi connectivity index (χ4n) is 2.73. The van der Waals surface area contributed by atoms with Crippen LogP contribution in [0.15, 0.2) is 0 Å². The molecule has 0 heterocycles. The Balaban J connectivity index is 0. The summed E-state index contributed by atoms with van der Waals surface area (Å²) in [6.07, 6.45) is 8.42. The molecule has 0 aliphatic heterocycles. The molecule has 0 amide bonds. The van der Waals surface area contributed by atoms with Crippen molar-refractivity contribution in [3.63, 3.8) is 0 Å². The first-order chi connectivity index (χ1) is 8.65. The molecule has 124 valence electrons. The number of hydrogen-bond donors (Lipinski definition) is 4. The van der Waals surface area contributed by atoms with Gasteiger partial charge in [0.25, 0.3) is 0 Å². The van der Waals surface area contributed by atoms with Crippen molar-refractivity contribution >= 4 is 24.8 Å². The third-order valence-corrected chi connectivity index (χ3v) is 4.21. The van der Waals surface area contributed by atoms with Gasteiger partial charge in [-0.05, 0) is 65.5 Å². The number of halogens is 2. The van der Waals surface area contributed by atoms with Crippen molar-refractivity contribution in [2.75, 3.05) is 14.1 Å². The lowest BCUT2D eigenvalue weighted by Gasteiger charge is -2.24. The molecular formula is C14H32Cl2N2O2. The van der Waals surface area contributed by atoms with Crippen molar-refractivity contribution in [2.24, 2.45) is 0 Å². The van der Waals surface area contributed by atoms with Gasteiger partial charge in [-0.3, -0.25) is 0 Å². The highest BCUT2D eigenvalue weighted by molar-refractivity contribution is 5.85. The Morgan fingerprint density at radius 3 is 1.05 bits per heavy atom. The summed E-state index contributed by atoms with van der Waals surface area (Å²) in [5.41, 5.74) is 0. The first-order valence-electron chi connectivity index (χ1n) is 7.36. The Morgan fingerprint density at radius 2 is 0.850 bits per heavy atom. The Hall–Kier alpha value is 0.420. The third-order valence-electron chi connectivity index (χ3n) is 4.21. The molecule has 2 saturated carbocycles. The van der Waals surface area contributed by atoms with Crippen molar-refractivity contribution < 1.29 is 10.2 Å². The molecular weight excluding hydrogens is 299 g/mol. The lowest BCUT2D eigenvalue weighted by molar-refractivity contribution is 0.118. The van der Waals surface area contributed by atoms with Gasteiger partial charge in [0.1, 0.15) is 0 Å². The molecule has 0 unspecified atom stereocenters. The van der Waals surface area contributed by atoms with Crippen LogP contribution >= 0.6 is 24.8 Å². The molecule has 6 heteroatoms. The molecule has 0 aromatic heterocycles. The molecule has 20 heavy (non-hydrogen) atoms. The fraction of sp³-hybridized carbons (Fsp3) is 1.00. The summed E-state index contributed by atoms with van der Waals surface area (Å²) in [6, 6.07) is 1.32. The van der Waals surface area contributed by atoms with Gasteiger partial charge in [-0.1, -0.05) is 0 Å². The van der Waals surface area contributed by atoms with Crippen molar-refractivity contribution in [3.8, 4) is 0 Å². The molecule has 0 aromatic rings. The van der Waals surface area contributed by atoms with Crippen LogP contribution in [0.1, 0.15) is 51.4 Å². The molecule has 4 N–H and O–H groups in total. The van der Waals surface area contributed by atoms with Gasteiger partial charge in [0, 0.05) is 12.1 Å². The zero-order valence-electron chi connectivity index (χ0n) is 12.7. The molecule has 2 aliphatic rings. The van der Waals surface area contributed by atoms with Gasteiger partial charge in [-0.25, -0.2) is 0 Å². The highest BCUT2D eigenvalue weighted by Gasteiger charge is 2.17. The SMILES string of the molecule is CNC1CCC(O)CC1.CNC1CCC(O)CC1.Cl.Cl. The van der Waals surface area contributed by atoms with Gasteiger partial charge in [0.2, 0.25) is 0 Å². The van der Waals surface area contributed by atoms with Gasteiger partial charge in [0.15, 0.2) is 0 Å². The maximum atomic E-state index is 9.09. The molecule has 4 nitrogen and oxygen atoms in total. The van der Waals surface area contributed by atoms with Gasteiger partial charge >= 0.3 is 0 Å². The summed E-state index contributed by atoms with van der Waals surface area (Å²) in [6.45, 7) is 0. The summed E-state index contributed by atoms with van der Waals surface area (Å²) in [5, 5.41) is 24.6. The Morgan fingerprint density at radius 1 is 0.600 bits per heavy atom. The lowest BCUT2D eigenvalue weighted by atomic mass is 9.93. The average Bonchev–Trinajstić information content (AvgIpc) is 2.41. The fourth-order valence-corrected chi connectivity index (χ4v) is 2.73. The average molecular weight is 331 g/mol. The Bertz CT molecular complexity index is 185. The number of rotatable bonds is 2. The predicted octanol–water partition coefficient (Wildman–Crippen LogP) is 1.86. The maximum Gasteiger partial charge on any atom is 0.0541 e. The van der Waals surface area contributed by atoms with Crippen LogP contribution in [0.3, 0.4) is 0 Å². The highest BCUT2D eigenvalue weighted by atomic mass is 35.5. The quantitative estimate of drug-likeness (QED) is 0.624. The molecule has 2 fully saturated rings. The van der Waals surface area contributed by atoms with E-state index in [1.54, 1.807) is 0 Å². The highest BCUT2D eigenvalue weighted by Crippen LogP contribution is 2.18. The summed E-state index contributed by atoms with van der Waals surface area (Å²) < 4.78 is 0. The summed E-state index contributed by atoms with van der Waals surface area (Å²) in [7, 11) is 3.98. The summed E-state index contributed by atoms with van der Waals surface area (Å²) in [4.78, 5) is 0. The minimum Gasteiger partial charge on any atom is -0.393 e. The number of nitrogens with one attached hydrogen (secondary N) is 2. The van der Waals surface area contributed by atoms with Crippen molar-refractivity contribution in [1.29, 1.82) is 0 Å². The van der Waals surface area contributed by atoms with Crippen LogP contribution in [-0.4, -0.2) is 48.6 Å². The van der Waals surface area contributed by atoms with E-state index in [4.69, 9.17) is 10.2 Å². The second-order valence-corrected chi connectivity index (χ2v) is 5.59. The monoisotopic (exact) mass is 330 g/mol. The van der Waals surface area contributed by atoms with Crippen molar-refractivity contribution in [3.05, 3.63) is 0 Å².